The predicted octanol–water partition coefficient (Wildman–Crippen LogP) is 3.00. The van der Waals surface area contributed by atoms with E-state index < -0.39 is 0 Å². The fraction of sp³-hybridized carbons (Fsp3) is 0.0714. The molecule has 0 N–H and O–H groups in total. The Labute approximate surface area is 99.2 Å². The van der Waals surface area contributed by atoms with Gasteiger partial charge in [0.15, 0.2) is 5.82 Å². The molecule has 0 unspecified atom stereocenters. The van der Waals surface area contributed by atoms with Crippen molar-refractivity contribution in [3.63, 3.8) is 0 Å². The van der Waals surface area contributed by atoms with Crippen molar-refractivity contribution in [2.75, 3.05) is 0 Å². The third kappa shape index (κ3) is 1.76. The van der Waals surface area contributed by atoms with Crippen LogP contribution in [-0.4, -0.2) is 15.0 Å². The molecule has 0 aliphatic carbocycles. The summed E-state index contributed by atoms with van der Waals surface area (Å²) in [5, 5.41) is 2.36. The van der Waals surface area contributed by atoms with Crippen molar-refractivity contribution in [3.8, 4) is 11.4 Å². The molecule has 0 amide bonds. The number of hydrogen-bond donors (Lipinski definition) is 0. The van der Waals surface area contributed by atoms with Gasteiger partial charge in [-0.05, 0) is 17.7 Å². The minimum atomic E-state index is 0.731. The molecule has 3 nitrogen and oxygen atoms in total. The predicted molar refractivity (Wildman–Crippen MR) is 67.5 cm³/mol. The molecular weight excluding hydrogens is 210 g/mol. The highest BCUT2D eigenvalue weighted by atomic mass is 15.0. The second-order valence-electron chi connectivity index (χ2n) is 3.88. The van der Waals surface area contributed by atoms with Gasteiger partial charge in [-0.25, -0.2) is 15.0 Å². The number of benzene rings is 2. The van der Waals surface area contributed by atoms with E-state index in [9.17, 15) is 0 Å². The number of rotatable bonds is 1. The highest BCUT2D eigenvalue weighted by Crippen LogP contribution is 2.25. The third-order valence-corrected chi connectivity index (χ3v) is 2.72. The Hall–Kier alpha value is -2.29. The first-order chi connectivity index (χ1) is 8.34. The van der Waals surface area contributed by atoms with Gasteiger partial charge in [-0.1, -0.05) is 42.5 Å². The number of hydrogen-bond acceptors (Lipinski definition) is 3. The molecule has 3 rings (SSSR count). The van der Waals surface area contributed by atoms with E-state index in [0.717, 1.165) is 17.2 Å². The highest BCUT2D eigenvalue weighted by molar-refractivity contribution is 5.94. The van der Waals surface area contributed by atoms with Crippen LogP contribution in [0.4, 0.5) is 0 Å². The SMILES string of the molecule is Cc1ncnc(-c2cccc3ccccc23)n1. The lowest BCUT2D eigenvalue weighted by molar-refractivity contribution is 0.984. The molecule has 17 heavy (non-hydrogen) atoms. The summed E-state index contributed by atoms with van der Waals surface area (Å²) in [6, 6.07) is 14.4. The molecule has 0 radical (unpaired) electrons. The van der Waals surface area contributed by atoms with Gasteiger partial charge >= 0.3 is 0 Å². The van der Waals surface area contributed by atoms with Crippen molar-refractivity contribution in [1.29, 1.82) is 0 Å². The van der Waals surface area contributed by atoms with Crippen LogP contribution < -0.4 is 0 Å². The molecule has 3 heteroatoms. The van der Waals surface area contributed by atoms with E-state index in [4.69, 9.17) is 0 Å². The topological polar surface area (TPSA) is 38.7 Å². The number of nitrogens with zero attached hydrogens (tertiary/aromatic N) is 3. The quantitative estimate of drug-likeness (QED) is 0.634. The molecule has 2 aromatic carbocycles. The summed E-state index contributed by atoms with van der Waals surface area (Å²) in [6.07, 6.45) is 1.56. The van der Waals surface area contributed by atoms with E-state index in [0.29, 0.717) is 0 Å². The van der Waals surface area contributed by atoms with Crippen molar-refractivity contribution < 1.29 is 0 Å². The summed E-state index contributed by atoms with van der Waals surface area (Å²) in [4.78, 5) is 12.6. The number of aromatic nitrogens is 3. The molecule has 0 fully saturated rings. The standard InChI is InChI=1S/C14H11N3/c1-10-15-9-16-14(17-10)13-8-4-6-11-5-2-3-7-12(11)13/h2-9H,1H3. The Balaban J connectivity index is 2.30. The molecule has 0 bridgehead atoms. The molecule has 0 spiro atoms. The summed E-state index contributed by atoms with van der Waals surface area (Å²) >= 11 is 0. The molecule has 3 aromatic rings. The van der Waals surface area contributed by atoms with Gasteiger partial charge in [0.1, 0.15) is 12.2 Å². The highest BCUT2D eigenvalue weighted by Gasteiger charge is 2.05. The first kappa shape index (κ1) is 9.90. The molecule has 0 atom stereocenters. The zero-order chi connectivity index (χ0) is 11.7. The molecule has 0 aliphatic rings. The van der Waals surface area contributed by atoms with E-state index >= 15 is 0 Å². The Morgan fingerprint density at radius 3 is 2.59 bits per heavy atom. The van der Waals surface area contributed by atoms with Gasteiger partial charge in [0.05, 0.1) is 0 Å². The Morgan fingerprint density at radius 2 is 1.71 bits per heavy atom. The molecule has 0 saturated heterocycles. The minimum absolute atomic E-state index is 0.731. The van der Waals surface area contributed by atoms with Gasteiger partial charge in [-0.15, -0.1) is 0 Å². The molecule has 0 aliphatic heterocycles. The lowest BCUT2D eigenvalue weighted by atomic mass is 10.0. The zero-order valence-corrected chi connectivity index (χ0v) is 9.46. The molecule has 0 saturated carbocycles. The zero-order valence-electron chi connectivity index (χ0n) is 9.46. The summed E-state index contributed by atoms with van der Waals surface area (Å²) in [5.41, 5.74) is 1.05. The largest absolute Gasteiger partial charge is 0.222 e. The smallest absolute Gasteiger partial charge is 0.163 e. The monoisotopic (exact) mass is 221 g/mol. The van der Waals surface area contributed by atoms with Crippen LogP contribution in [0.3, 0.4) is 0 Å². The van der Waals surface area contributed by atoms with E-state index in [1.165, 1.54) is 10.8 Å². The second kappa shape index (κ2) is 3.94. The molecule has 82 valence electrons. The maximum Gasteiger partial charge on any atom is 0.163 e. The van der Waals surface area contributed by atoms with Crippen LogP contribution in [0.5, 0.6) is 0 Å². The lowest BCUT2D eigenvalue weighted by Crippen LogP contribution is -1.94. The van der Waals surface area contributed by atoms with Crippen LogP contribution in [0.1, 0.15) is 5.82 Å². The van der Waals surface area contributed by atoms with Crippen LogP contribution in [0, 0.1) is 6.92 Å². The summed E-state index contributed by atoms with van der Waals surface area (Å²) in [6.45, 7) is 1.87. The van der Waals surface area contributed by atoms with Gasteiger partial charge in [0.2, 0.25) is 0 Å². The summed E-state index contributed by atoms with van der Waals surface area (Å²) < 4.78 is 0. The van der Waals surface area contributed by atoms with Gasteiger partial charge in [-0.3, -0.25) is 0 Å². The van der Waals surface area contributed by atoms with Crippen LogP contribution >= 0.6 is 0 Å². The van der Waals surface area contributed by atoms with Crippen LogP contribution in [0.15, 0.2) is 48.8 Å². The Kier molecular flexibility index (Phi) is 2.29. The van der Waals surface area contributed by atoms with Crippen molar-refractivity contribution in [1.82, 2.24) is 15.0 Å². The molecular formula is C14H11N3. The average Bonchev–Trinajstić information content (AvgIpc) is 2.38. The number of fused-ring (bicyclic) bond motifs is 1. The van der Waals surface area contributed by atoms with Gasteiger partial charge < -0.3 is 0 Å². The van der Waals surface area contributed by atoms with Crippen molar-refractivity contribution in [3.05, 3.63) is 54.6 Å². The Bertz CT molecular complexity index is 672. The van der Waals surface area contributed by atoms with Gasteiger partial charge in [0, 0.05) is 5.56 Å². The number of aryl methyl sites for hydroxylation is 1. The fourth-order valence-electron chi connectivity index (χ4n) is 1.93. The second-order valence-corrected chi connectivity index (χ2v) is 3.88. The maximum absolute atomic E-state index is 4.37. The summed E-state index contributed by atoms with van der Waals surface area (Å²) in [5.74, 6) is 1.47. The van der Waals surface area contributed by atoms with E-state index in [-0.39, 0.29) is 0 Å². The normalized spacial score (nSPS) is 10.6. The van der Waals surface area contributed by atoms with Crippen LogP contribution in [0.25, 0.3) is 22.2 Å². The van der Waals surface area contributed by atoms with E-state index in [1.807, 2.05) is 31.2 Å². The van der Waals surface area contributed by atoms with Crippen molar-refractivity contribution in [2.24, 2.45) is 0 Å². The maximum atomic E-state index is 4.37. The van der Waals surface area contributed by atoms with E-state index in [2.05, 4.69) is 33.2 Å². The minimum Gasteiger partial charge on any atom is -0.222 e. The Morgan fingerprint density at radius 1 is 0.882 bits per heavy atom. The van der Waals surface area contributed by atoms with Crippen LogP contribution in [-0.2, 0) is 0 Å². The lowest BCUT2D eigenvalue weighted by Gasteiger charge is -2.05. The molecule has 1 aromatic heterocycles. The van der Waals surface area contributed by atoms with Crippen LogP contribution in [0.2, 0.25) is 0 Å². The first-order valence-electron chi connectivity index (χ1n) is 5.48. The van der Waals surface area contributed by atoms with Crippen molar-refractivity contribution >= 4 is 10.8 Å². The van der Waals surface area contributed by atoms with Crippen molar-refractivity contribution in [2.45, 2.75) is 6.92 Å². The molecule has 1 heterocycles. The average molecular weight is 221 g/mol. The van der Waals surface area contributed by atoms with E-state index in [1.54, 1.807) is 6.33 Å². The van der Waals surface area contributed by atoms with Gasteiger partial charge in [0.25, 0.3) is 0 Å². The first-order valence-corrected chi connectivity index (χ1v) is 5.48. The summed E-state index contributed by atoms with van der Waals surface area (Å²) in [7, 11) is 0. The van der Waals surface area contributed by atoms with Gasteiger partial charge in [-0.2, -0.15) is 0 Å². The third-order valence-electron chi connectivity index (χ3n) is 2.72. The fourth-order valence-corrected chi connectivity index (χ4v) is 1.93.